The molecule has 0 amide bonds. The SMILES string of the molecule is COCCCn1c(S[C@@H](C)C(=O)c2ccc(F)cc2)nc2ccccc2c1=O. The molecule has 0 radical (unpaired) electrons. The van der Waals surface area contributed by atoms with Crippen molar-refractivity contribution in [3.05, 3.63) is 70.3 Å². The Morgan fingerprint density at radius 2 is 1.93 bits per heavy atom. The van der Waals surface area contributed by atoms with Crippen LogP contribution in [0.2, 0.25) is 0 Å². The molecule has 1 aromatic heterocycles. The van der Waals surface area contributed by atoms with E-state index < -0.39 is 5.25 Å². The van der Waals surface area contributed by atoms with Crippen LogP contribution in [-0.2, 0) is 11.3 Å². The van der Waals surface area contributed by atoms with Gasteiger partial charge in [0.25, 0.3) is 5.56 Å². The van der Waals surface area contributed by atoms with Crippen molar-refractivity contribution >= 4 is 28.4 Å². The molecule has 3 rings (SSSR count). The molecule has 146 valence electrons. The normalized spacial score (nSPS) is 12.2. The molecule has 2 aromatic carbocycles. The summed E-state index contributed by atoms with van der Waals surface area (Å²) >= 11 is 1.23. The van der Waals surface area contributed by atoms with Crippen LogP contribution in [0.15, 0.2) is 58.5 Å². The van der Waals surface area contributed by atoms with E-state index in [2.05, 4.69) is 4.98 Å². The maximum absolute atomic E-state index is 13.1. The quantitative estimate of drug-likeness (QED) is 0.248. The van der Waals surface area contributed by atoms with Gasteiger partial charge in [0.2, 0.25) is 0 Å². The zero-order valence-corrected chi connectivity index (χ0v) is 16.5. The first kappa shape index (κ1) is 20.2. The number of nitrogens with zero attached hydrogens (tertiary/aromatic N) is 2. The summed E-state index contributed by atoms with van der Waals surface area (Å²) in [7, 11) is 1.61. The fraction of sp³-hybridized carbons (Fsp3) is 0.286. The number of Topliss-reactive ketones (excluding diaryl/α,β-unsaturated/α-hetero) is 1. The number of carbonyl (C=O) groups excluding carboxylic acids is 1. The summed E-state index contributed by atoms with van der Waals surface area (Å²) in [6.07, 6.45) is 0.657. The van der Waals surface area contributed by atoms with Crippen molar-refractivity contribution in [3.8, 4) is 0 Å². The second kappa shape index (κ2) is 9.12. The van der Waals surface area contributed by atoms with Crippen molar-refractivity contribution in [1.82, 2.24) is 9.55 Å². The van der Waals surface area contributed by atoms with E-state index in [0.29, 0.717) is 41.2 Å². The number of ether oxygens (including phenoxy) is 1. The third-order valence-electron chi connectivity index (χ3n) is 4.34. The van der Waals surface area contributed by atoms with E-state index in [1.807, 2.05) is 6.07 Å². The Morgan fingerprint density at radius 1 is 1.21 bits per heavy atom. The van der Waals surface area contributed by atoms with Crippen LogP contribution in [0.4, 0.5) is 4.39 Å². The van der Waals surface area contributed by atoms with Crippen LogP contribution in [0.25, 0.3) is 10.9 Å². The van der Waals surface area contributed by atoms with E-state index in [9.17, 15) is 14.0 Å². The smallest absolute Gasteiger partial charge is 0.262 e. The summed E-state index contributed by atoms with van der Waals surface area (Å²) < 4.78 is 19.8. The van der Waals surface area contributed by atoms with Crippen LogP contribution in [0.1, 0.15) is 23.7 Å². The van der Waals surface area contributed by atoms with Gasteiger partial charge in [0.15, 0.2) is 10.9 Å². The van der Waals surface area contributed by atoms with Crippen LogP contribution in [-0.4, -0.2) is 34.3 Å². The van der Waals surface area contributed by atoms with Gasteiger partial charge in [-0.05, 0) is 49.7 Å². The Morgan fingerprint density at radius 3 is 2.64 bits per heavy atom. The lowest BCUT2D eigenvalue weighted by atomic mass is 10.1. The first-order valence-electron chi connectivity index (χ1n) is 8.96. The number of thioether (sulfide) groups is 1. The monoisotopic (exact) mass is 400 g/mol. The molecule has 0 saturated carbocycles. The Bertz CT molecular complexity index is 1030. The average Bonchev–Trinajstić information content (AvgIpc) is 2.70. The molecule has 5 nitrogen and oxygen atoms in total. The molecule has 28 heavy (non-hydrogen) atoms. The van der Waals surface area contributed by atoms with Crippen LogP contribution in [0, 0.1) is 5.82 Å². The third-order valence-corrected chi connectivity index (χ3v) is 5.43. The van der Waals surface area contributed by atoms with Crippen LogP contribution < -0.4 is 5.56 Å². The molecule has 1 atom stereocenters. The molecule has 7 heteroatoms. The Hall–Kier alpha value is -2.51. The molecule has 0 aliphatic rings. The highest BCUT2D eigenvalue weighted by molar-refractivity contribution is 8.00. The maximum atomic E-state index is 13.1. The van der Waals surface area contributed by atoms with Crippen LogP contribution >= 0.6 is 11.8 Å². The number of para-hydroxylation sites is 1. The summed E-state index contributed by atoms with van der Waals surface area (Å²) in [5.41, 5.74) is 0.889. The van der Waals surface area contributed by atoms with Gasteiger partial charge in [-0.3, -0.25) is 14.2 Å². The highest BCUT2D eigenvalue weighted by Gasteiger charge is 2.20. The average molecular weight is 400 g/mol. The van der Waals surface area contributed by atoms with Crippen LogP contribution in [0.5, 0.6) is 0 Å². The molecule has 1 heterocycles. The van der Waals surface area contributed by atoms with Crippen LogP contribution in [0.3, 0.4) is 0 Å². The summed E-state index contributed by atoms with van der Waals surface area (Å²) in [5, 5.41) is 0.553. The fourth-order valence-corrected chi connectivity index (χ4v) is 3.87. The lowest BCUT2D eigenvalue weighted by Crippen LogP contribution is -2.25. The number of aromatic nitrogens is 2. The number of carbonyl (C=O) groups is 1. The van der Waals surface area contributed by atoms with Gasteiger partial charge in [0.05, 0.1) is 16.2 Å². The fourth-order valence-electron chi connectivity index (χ4n) is 2.86. The second-order valence-electron chi connectivity index (χ2n) is 6.35. The molecule has 0 bridgehead atoms. The van der Waals surface area contributed by atoms with Crippen molar-refractivity contribution in [2.75, 3.05) is 13.7 Å². The van der Waals surface area contributed by atoms with E-state index in [0.717, 1.165) is 0 Å². The minimum Gasteiger partial charge on any atom is -0.385 e. The molecule has 0 N–H and O–H groups in total. The minimum atomic E-state index is -0.479. The zero-order valence-electron chi connectivity index (χ0n) is 15.7. The van der Waals surface area contributed by atoms with Gasteiger partial charge in [-0.2, -0.15) is 0 Å². The van der Waals surface area contributed by atoms with Gasteiger partial charge in [0, 0.05) is 25.8 Å². The van der Waals surface area contributed by atoms with Crippen molar-refractivity contribution in [3.63, 3.8) is 0 Å². The maximum Gasteiger partial charge on any atom is 0.262 e. The summed E-state index contributed by atoms with van der Waals surface area (Å²) in [6, 6.07) is 12.6. The van der Waals surface area contributed by atoms with Crippen molar-refractivity contribution < 1.29 is 13.9 Å². The van der Waals surface area contributed by atoms with E-state index in [1.165, 1.54) is 36.0 Å². The first-order valence-corrected chi connectivity index (χ1v) is 9.84. The third kappa shape index (κ3) is 4.48. The molecule has 0 aliphatic heterocycles. The highest BCUT2D eigenvalue weighted by atomic mass is 32.2. The number of ketones is 1. The standard InChI is InChI=1S/C21H21FN2O3S/c1-14(19(25)15-8-10-16(22)11-9-15)28-21-23-18-7-4-3-6-17(18)20(26)24(21)12-5-13-27-2/h3-4,6-11,14H,5,12-13H2,1-2H3/t14-/m0/s1. The predicted molar refractivity (Wildman–Crippen MR) is 109 cm³/mol. The van der Waals surface area contributed by atoms with Crippen molar-refractivity contribution in [2.45, 2.75) is 30.3 Å². The van der Waals surface area contributed by atoms with Gasteiger partial charge >= 0.3 is 0 Å². The van der Waals surface area contributed by atoms with E-state index in [1.54, 1.807) is 36.8 Å². The topological polar surface area (TPSA) is 61.2 Å². The molecule has 0 unspecified atom stereocenters. The lowest BCUT2D eigenvalue weighted by Gasteiger charge is -2.16. The van der Waals surface area contributed by atoms with Crippen molar-refractivity contribution in [1.29, 1.82) is 0 Å². The van der Waals surface area contributed by atoms with Gasteiger partial charge in [-0.15, -0.1) is 0 Å². The first-order chi connectivity index (χ1) is 13.5. The molecular formula is C21H21FN2O3S. The van der Waals surface area contributed by atoms with E-state index in [4.69, 9.17) is 4.74 Å². The summed E-state index contributed by atoms with van der Waals surface area (Å²) in [5.74, 6) is -0.532. The Kier molecular flexibility index (Phi) is 6.59. The lowest BCUT2D eigenvalue weighted by molar-refractivity contribution is 0.0993. The zero-order chi connectivity index (χ0) is 20.1. The summed E-state index contributed by atoms with van der Waals surface area (Å²) in [4.78, 5) is 30.3. The van der Waals surface area contributed by atoms with E-state index >= 15 is 0 Å². The molecule has 3 aromatic rings. The second-order valence-corrected chi connectivity index (χ2v) is 7.65. The number of benzene rings is 2. The molecule has 0 spiro atoms. The summed E-state index contributed by atoms with van der Waals surface area (Å²) in [6.45, 7) is 2.73. The Balaban J connectivity index is 1.93. The van der Waals surface area contributed by atoms with Crippen molar-refractivity contribution in [2.24, 2.45) is 0 Å². The highest BCUT2D eigenvalue weighted by Crippen LogP contribution is 2.25. The van der Waals surface area contributed by atoms with Gasteiger partial charge in [0.1, 0.15) is 5.82 Å². The molecule has 0 aliphatic carbocycles. The van der Waals surface area contributed by atoms with Gasteiger partial charge in [-0.1, -0.05) is 23.9 Å². The van der Waals surface area contributed by atoms with E-state index in [-0.39, 0.29) is 17.2 Å². The van der Waals surface area contributed by atoms with Gasteiger partial charge < -0.3 is 4.74 Å². The number of rotatable bonds is 8. The molecular weight excluding hydrogens is 379 g/mol. The molecule has 0 saturated heterocycles. The van der Waals surface area contributed by atoms with Gasteiger partial charge in [-0.25, -0.2) is 9.37 Å². The minimum absolute atomic E-state index is 0.134. The largest absolute Gasteiger partial charge is 0.385 e. The number of hydrogen-bond acceptors (Lipinski definition) is 5. The number of fused-ring (bicyclic) bond motifs is 1. The number of hydrogen-bond donors (Lipinski definition) is 0. The molecule has 0 fully saturated rings. The number of halogens is 1. The number of methoxy groups -OCH3 is 1. The predicted octanol–water partition coefficient (Wildman–Crippen LogP) is 3.94. The Labute approximate surface area is 166 Å².